The standard InChI is InChI=1S/C7H14/c1-4-6-7(3)5-2/h4,6-7H,5H2,1-3H3/b6-4+/t7-/m1/s1. The second-order valence-corrected chi connectivity index (χ2v) is 1.91. The third kappa shape index (κ3) is 3.57. The molecule has 7 heavy (non-hydrogen) atoms. The molecule has 0 aromatic rings. The van der Waals surface area contributed by atoms with Crippen LogP contribution in [0.5, 0.6) is 0 Å². The molecule has 0 unspecified atom stereocenters. The minimum absolute atomic E-state index is 0.769. The predicted molar refractivity (Wildman–Crippen MR) is 34.3 cm³/mol. The Bertz CT molecular complexity index is 53.1. The van der Waals surface area contributed by atoms with E-state index in [9.17, 15) is 0 Å². The first kappa shape index (κ1) is 6.74. The van der Waals surface area contributed by atoms with Crippen LogP contribution in [0.1, 0.15) is 27.2 Å². The lowest BCUT2D eigenvalue weighted by Crippen LogP contribution is -1.81. The fourth-order valence-electron chi connectivity index (χ4n) is 0.465. The number of rotatable bonds is 2. The maximum absolute atomic E-state index is 2.22. The van der Waals surface area contributed by atoms with E-state index in [1.54, 1.807) is 0 Å². The SMILES string of the molecule is C/C=C/[C@H](C)CC. The summed E-state index contributed by atoms with van der Waals surface area (Å²) < 4.78 is 0. The van der Waals surface area contributed by atoms with E-state index in [0.717, 1.165) is 5.92 Å². The first-order valence-electron chi connectivity index (χ1n) is 2.94. The van der Waals surface area contributed by atoms with Gasteiger partial charge in [-0.25, -0.2) is 0 Å². The van der Waals surface area contributed by atoms with Crippen LogP contribution in [0, 0.1) is 5.92 Å². The summed E-state index contributed by atoms with van der Waals surface area (Å²) in [6.07, 6.45) is 5.58. The normalized spacial score (nSPS) is 15.3. The largest absolute Gasteiger partial charge is 0.0914 e. The molecule has 0 spiro atoms. The molecule has 0 amide bonds. The van der Waals surface area contributed by atoms with Crippen molar-refractivity contribution in [3.8, 4) is 0 Å². The summed E-state index contributed by atoms with van der Waals surface area (Å²) in [6.45, 7) is 6.48. The molecule has 0 saturated carbocycles. The summed E-state index contributed by atoms with van der Waals surface area (Å²) in [5, 5.41) is 0. The third-order valence-electron chi connectivity index (χ3n) is 1.16. The Morgan fingerprint density at radius 3 is 2.29 bits per heavy atom. The highest BCUT2D eigenvalue weighted by atomic mass is 13.9. The lowest BCUT2D eigenvalue weighted by molar-refractivity contribution is 0.697. The third-order valence-corrected chi connectivity index (χ3v) is 1.16. The molecule has 0 bridgehead atoms. The van der Waals surface area contributed by atoms with Crippen molar-refractivity contribution in [2.24, 2.45) is 5.92 Å². The minimum atomic E-state index is 0.769. The molecule has 0 aromatic carbocycles. The Labute approximate surface area is 46.2 Å². The molecular formula is C7H14. The Morgan fingerprint density at radius 1 is 1.57 bits per heavy atom. The monoisotopic (exact) mass is 98.1 g/mol. The van der Waals surface area contributed by atoms with E-state index in [4.69, 9.17) is 0 Å². The van der Waals surface area contributed by atoms with Gasteiger partial charge in [0, 0.05) is 0 Å². The van der Waals surface area contributed by atoms with Crippen molar-refractivity contribution in [2.75, 3.05) is 0 Å². The van der Waals surface area contributed by atoms with Crippen LogP contribution in [0.25, 0.3) is 0 Å². The molecule has 0 aliphatic rings. The van der Waals surface area contributed by atoms with Crippen molar-refractivity contribution in [1.82, 2.24) is 0 Å². The van der Waals surface area contributed by atoms with Gasteiger partial charge < -0.3 is 0 Å². The topological polar surface area (TPSA) is 0 Å². The van der Waals surface area contributed by atoms with Crippen LogP contribution in [0.15, 0.2) is 12.2 Å². The first-order chi connectivity index (χ1) is 3.31. The quantitative estimate of drug-likeness (QED) is 0.466. The lowest BCUT2D eigenvalue weighted by atomic mass is 10.1. The van der Waals surface area contributed by atoms with Crippen LogP contribution >= 0.6 is 0 Å². The van der Waals surface area contributed by atoms with Crippen molar-refractivity contribution in [1.29, 1.82) is 0 Å². The van der Waals surface area contributed by atoms with Gasteiger partial charge in [0.25, 0.3) is 0 Å². The average Bonchev–Trinajstić information content (AvgIpc) is 1.68. The van der Waals surface area contributed by atoms with Crippen LogP contribution in [-0.2, 0) is 0 Å². The van der Waals surface area contributed by atoms with Gasteiger partial charge in [0.15, 0.2) is 0 Å². The van der Waals surface area contributed by atoms with Gasteiger partial charge in [0.05, 0.1) is 0 Å². The zero-order valence-corrected chi connectivity index (χ0v) is 5.44. The van der Waals surface area contributed by atoms with Gasteiger partial charge >= 0.3 is 0 Å². The van der Waals surface area contributed by atoms with Crippen LogP contribution in [0.4, 0.5) is 0 Å². The maximum atomic E-state index is 2.22. The van der Waals surface area contributed by atoms with E-state index < -0.39 is 0 Å². The van der Waals surface area contributed by atoms with Gasteiger partial charge in [-0.1, -0.05) is 32.4 Å². The summed E-state index contributed by atoms with van der Waals surface area (Å²) in [5.41, 5.74) is 0. The smallest absolute Gasteiger partial charge is 0.0265 e. The summed E-state index contributed by atoms with van der Waals surface area (Å²) in [4.78, 5) is 0. The van der Waals surface area contributed by atoms with Crippen LogP contribution < -0.4 is 0 Å². The molecule has 0 nitrogen and oxygen atoms in total. The molecule has 0 radical (unpaired) electrons. The van der Waals surface area contributed by atoms with Gasteiger partial charge in [0.1, 0.15) is 0 Å². The van der Waals surface area contributed by atoms with E-state index in [1.807, 2.05) is 0 Å². The zero-order chi connectivity index (χ0) is 5.70. The van der Waals surface area contributed by atoms with Crippen molar-refractivity contribution in [3.63, 3.8) is 0 Å². The molecule has 0 aliphatic heterocycles. The Hall–Kier alpha value is -0.260. The number of hydrogen-bond acceptors (Lipinski definition) is 0. The highest BCUT2D eigenvalue weighted by Gasteiger charge is 1.85. The summed E-state index contributed by atoms with van der Waals surface area (Å²) in [7, 11) is 0. The molecule has 0 rings (SSSR count). The van der Waals surface area contributed by atoms with Gasteiger partial charge in [-0.15, -0.1) is 0 Å². The lowest BCUT2D eigenvalue weighted by Gasteiger charge is -1.95. The fraction of sp³-hybridized carbons (Fsp3) is 0.714. The molecule has 1 atom stereocenters. The molecule has 0 heteroatoms. The van der Waals surface area contributed by atoms with E-state index in [0.29, 0.717) is 0 Å². The molecule has 0 aromatic heterocycles. The fourth-order valence-corrected chi connectivity index (χ4v) is 0.465. The molecule has 0 saturated heterocycles. The predicted octanol–water partition coefficient (Wildman–Crippen LogP) is 2.61. The van der Waals surface area contributed by atoms with Crippen LogP contribution in [-0.4, -0.2) is 0 Å². The minimum Gasteiger partial charge on any atom is -0.0914 e. The number of hydrogen-bond donors (Lipinski definition) is 0. The van der Waals surface area contributed by atoms with Crippen LogP contribution in [0.2, 0.25) is 0 Å². The van der Waals surface area contributed by atoms with E-state index in [2.05, 4.69) is 32.9 Å². The van der Waals surface area contributed by atoms with Gasteiger partial charge in [-0.2, -0.15) is 0 Å². The Balaban J connectivity index is 3.16. The maximum Gasteiger partial charge on any atom is -0.0265 e. The van der Waals surface area contributed by atoms with Crippen molar-refractivity contribution < 1.29 is 0 Å². The first-order valence-corrected chi connectivity index (χ1v) is 2.94. The molecular weight excluding hydrogens is 84.1 g/mol. The van der Waals surface area contributed by atoms with Gasteiger partial charge in [-0.05, 0) is 12.8 Å². The molecule has 42 valence electrons. The van der Waals surface area contributed by atoms with E-state index in [-0.39, 0.29) is 0 Å². The summed E-state index contributed by atoms with van der Waals surface area (Å²) in [6, 6.07) is 0. The van der Waals surface area contributed by atoms with E-state index in [1.165, 1.54) is 6.42 Å². The summed E-state index contributed by atoms with van der Waals surface area (Å²) in [5.74, 6) is 0.769. The molecule has 0 N–H and O–H groups in total. The van der Waals surface area contributed by atoms with Crippen molar-refractivity contribution in [3.05, 3.63) is 12.2 Å². The molecule has 0 fully saturated rings. The molecule has 0 heterocycles. The van der Waals surface area contributed by atoms with Crippen LogP contribution in [0.3, 0.4) is 0 Å². The average molecular weight is 98.2 g/mol. The van der Waals surface area contributed by atoms with Gasteiger partial charge in [-0.3, -0.25) is 0 Å². The van der Waals surface area contributed by atoms with Gasteiger partial charge in [0.2, 0.25) is 0 Å². The van der Waals surface area contributed by atoms with E-state index >= 15 is 0 Å². The second kappa shape index (κ2) is 3.91. The highest BCUT2D eigenvalue weighted by molar-refractivity contribution is 4.81. The summed E-state index contributed by atoms with van der Waals surface area (Å²) >= 11 is 0. The zero-order valence-electron chi connectivity index (χ0n) is 5.44. The Morgan fingerprint density at radius 2 is 2.14 bits per heavy atom. The van der Waals surface area contributed by atoms with Crippen molar-refractivity contribution >= 4 is 0 Å². The molecule has 0 aliphatic carbocycles. The highest BCUT2D eigenvalue weighted by Crippen LogP contribution is 2.00. The van der Waals surface area contributed by atoms with Crippen molar-refractivity contribution in [2.45, 2.75) is 27.2 Å². The Kier molecular flexibility index (Phi) is 3.77. The number of allylic oxidation sites excluding steroid dienone is 2. The second-order valence-electron chi connectivity index (χ2n) is 1.91.